The lowest BCUT2D eigenvalue weighted by atomic mass is 10.2. The third kappa shape index (κ3) is 4.56. The number of nitrogens with zero attached hydrogens (tertiary/aromatic N) is 2. The topological polar surface area (TPSA) is 151 Å². The Labute approximate surface area is 148 Å². The Morgan fingerprint density at radius 1 is 1.50 bits per heavy atom. The van der Waals surface area contributed by atoms with Gasteiger partial charge in [-0.2, -0.15) is 4.98 Å². The number of carbonyl (C=O) groups excluding carboxylic acids is 2. The van der Waals surface area contributed by atoms with E-state index in [4.69, 9.17) is 19.9 Å². The third-order valence-corrected chi connectivity index (χ3v) is 4.19. The Balaban J connectivity index is 1.39. The average molecular weight is 368 g/mol. The summed E-state index contributed by atoms with van der Waals surface area (Å²) in [5.41, 5.74) is 4.89. The molecule has 142 valence electrons. The highest BCUT2D eigenvalue weighted by molar-refractivity contribution is 5.84. The second kappa shape index (κ2) is 8.25. The van der Waals surface area contributed by atoms with E-state index in [9.17, 15) is 14.4 Å². The van der Waals surface area contributed by atoms with Crippen LogP contribution in [0.25, 0.3) is 0 Å². The molecule has 0 aliphatic carbocycles. The largest absolute Gasteiger partial charge is 0.459 e. The van der Waals surface area contributed by atoms with E-state index in [1.165, 1.54) is 16.8 Å². The number of anilines is 1. The van der Waals surface area contributed by atoms with Gasteiger partial charge in [-0.25, -0.2) is 4.79 Å². The van der Waals surface area contributed by atoms with E-state index in [0.717, 1.165) is 19.4 Å². The molecule has 2 saturated heterocycles. The summed E-state index contributed by atoms with van der Waals surface area (Å²) >= 11 is 0. The molecular formula is C15H22N5O6+. The summed E-state index contributed by atoms with van der Waals surface area (Å²) in [6.45, 7) is 0.688. The van der Waals surface area contributed by atoms with Crippen molar-refractivity contribution in [2.24, 2.45) is 0 Å². The number of rotatable bonds is 6. The number of nitrogen functional groups attached to an aromatic ring is 1. The van der Waals surface area contributed by atoms with E-state index in [2.05, 4.69) is 10.3 Å². The molecule has 0 bridgehead atoms. The Morgan fingerprint density at radius 3 is 3.08 bits per heavy atom. The summed E-state index contributed by atoms with van der Waals surface area (Å²) in [4.78, 5) is 38.9. The van der Waals surface area contributed by atoms with Gasteiger partial charge in [0.25, 0.3) is 5.91 Å². The fourth-order valence-electron chi connectivity index (χ4n) is 2.84. The Hall–Kier alpha value is -2.50. The van der Waals surface area contributed by atoms with Crippen molar-refractivity contribution in [1.82, 2.24) is 14.9 Å². The van der Waals surface area contributed by atoms with E-state index in [1.807, 2.05) is 5.32 Å². The molecule has 26 heavy (non-hydrogen) atoms. The van der Waals surface area contributed by atoms with Gasteiger partial charge in [0.15, 0.2) is 18.6 Å². The maximum Gasteiger partial charge on any atom is 0.351 e. The van der Waals surface area contributed by atoms with Gasteiger partial charge in [0.1, 0.15) is 19.0 Å². The van der Waals surface area contributed by atoms with E-state index in [1.54, 1.807) is 0 Å². The molecule has 11 heteroatoms. The van der Waals surface area contributed by atoms with Crippen LogP contribution >= 0.6 is 0 Å². The first-order valence-electron chi connectivity index (χ1n) is 8.41. The molecule has 0 radical (unpaired) electrons. The second-order valence-electron chi connectivity index (χ2n) is 6.07. The van der Waals surface area contributed by atoms with Crippen molar-refractivity contribution >= 4 is 17.7 Å². The zero-order valence-electron chi connectivity index (χ0n) is 14.1. The van der Waals surface area contributed by atoms with Crippen LogP contribution in [0.5, 0.6) is 0 Å². The molecule has 2 aliphatic rings. The molecule has 0 aromatic carbocycles. The minimum atomic E-state index is -0.799. The summed E-state index contributed by atoms with van der Waals surface area (Å²) in [6.07, 6.45) is 1.80. The van der Waals surface area contributed by atoms with Gasteiger partial charge in [-0.15, -0.1) is 0 Å². The molecule has 3 heterocycles. The van der Waals surface area contributed by atoms with Crippen LogP contribution in [0.1, 0.15) is 19.1 Å². The number of hydrogen-bond acceptors (Lipinski definition) is 8. The minimum Gasteiger partial charge on any atom is -0.459 e. The fourth-order valence-corrected chi connectivity index (χ4v) is 2.84. The van der Waals surface area contributed by atoms with Gasteiger partial charge in [-0.3, -0.25) is 14.2 Å². The highest BCUT2D eigenvalue weighted by atomic mass is 16.7. The monoisotopic (exact) mass is 368 g/mol. The van der Waals surface area contributed by atoms with Crippen molar-refractivity contribution in [2.45, 2.75) is 31.4 Å². The fraction of sp³-hybridized carbons (Fsp3) is 0.600. The number of esters is 1. The number of ether oxygens (including phenoxy) is 3. The number of amides is 1. The molecule has 2 aliphatic heterocycles. The van der Waals surface area contributed by atoms with Crippen molar-refractivity contribution in [3.63, 3.8) is 0 Å². The van der Waals surface area contributed by atoms with Gasteiger partial charge in [0, 0.05) is 19.0 Å². The molecule has 0 saturated carbocycles. The molecule has 3 atom stereocenters. The molecule has 0 spiro atoms. The predicted octanol–water partition coefficient (Wildman–Crippen LogP) is -2.92. The smallest absolute Gasteiger partial charge is 0.351 e. The SMILES string of the molecule is Nc1ccn([C@H]2CO[C@@H](COC(=O)CNC(=O)C3CCC[NH2+]3)O2)c(=O)n1. The van der Waals surface area contributed by atoms with Crippen molar-refractivity contribution in [1.29, 1.82) is 0 Å². The summed E-state index contributed by atoms with van der Waals surface area (Å²) < 4.78 is 17.2. The maximum atomic E-state index is 11.8. The third-order valence-electron chi connectivity index (χ3n) is 4.19. The van der Waals surface area contributed by atoms with Gasteiger partial charge in [0.05, 0.1) is 13.2 Å². The van der Waals surface area contributed by atoms with E-state index in [-0.39, 0.29) is 37.5 Å². The van der Waals surface area contributed by atoms with Crippen molar-refractivity contribution in [3.8, 4) is 0 Å². The first-order valence-corrected chi connectivity index (χ1v) is 8.41. The van der Waals surface area contributed by atoms with Crippen molar-refractivity contribution in [2.75, 3.05) is 32.0 Å². The minimum absolute atomic E-state index is 0.113. The number of carbonyl (C=O) groups is 2. The van der Waals surface area contributed by atoms with E-state index in [0.29, 0.717) is 0 Å². The summed E-state index contributed by atoms with van der Waals surface area (Å²) in [5.74, 6) is -0.630. The van der Waals surface area contributed by atoms with Crippen LogP contribution in [-0.4, -0.2) is 60.1 Å². The van der Waals surface area contributed by atoms with E-state index < -0.39 is 24.2 Å². The molecule has 1 amide bonds. The Kier molecular flexibility index (Phi) is 5.81. The predicted molar refractivity (Wildman–Crippen MR) is 86.6 cm³/mol. The normalized spacial score (nSPS) is 25.2. The highest BCUT2D eigenvalue weighted by Gasteiger charge is 2.30. The first-order chi connectivity index (χ1) is 12.5. The molecule has 1 aromatic rings. The van der Waals surface area contributed by atoms with Crippen LogP contribution in [0, 0.1) is 0 Å². The number of nitrogens with one attached hydrogen (secondary N) is 1. The van der Waals surface area contributed by atoms with Gasteiger partial charge in [0.2, 0.25) is 0 Å². The number of aromatic nitrogens is 2. The summed E-state index contributed by atoms with van der Waals surface area (Å²) in [7, 11) is 0. The molecule has 5 N–H and O–H groups in total. The second-order valence-corrected chi connectivity index (χ2v) is 6.07. The van der Waals surface area contributed by atoms with Crippen LogP contribution in [0.4, 0.5) is 5.82 Å². The molecule has 3 rings (SSSR count). The first kappa shape index (κ1) is 18.3. The van der Waals surface area contributed by atoms with Gasteiger partial charge in [-0.05, 0) is 6.07 Å². The molecule has 11 nitrogen and oxygen atoms in total. The Bertz CT molecular complexity index is 717. The van der Waals surface area contributed by atoms with Crippen LogP contribution in [0.3, 0.4) is 0 Å². The highest BCUT2D eigenvalue weighted by Crippen LogP contribution is 2.19. The number of nitrogens with two attached hydrogens (primary N) is 2. The summed E-state index contributed by atoms with van der Waals surface area (Å²) in [5, 5.41) is 4.51. The molecule has 2 fully saturated rings. The molecule has 1 aromatic heterocycles. The lowest BCUT2D eigenvalue weighted by Gasteiger charge is -2.14. The Morgan fingerprint density at radius 2 is 2.35 bits per heavy atom. The molecule has 1 unspecified atom stereocenters. The zero-order chi connectivity index (χ0) is 18.5. The van der Waals surface area contributed by atoms with Crippen LogP contribution in [0.15, 0.2) is 17.1 Å². The maximum absolute atomic E-state index is 11.8. The zero-order valence-corrected chi connectivity index (χ0v) is 14.1. The van der Waals surface area contributed by atoms with Crippen LogP contribution in [-0.2, 0) is 23.8 Å². The number of quaternary nitrogens is 1. The van der Waals surface area contributed by atoms with Gasteiger partial charge in [-0.1, -0.05) is 0 Å². The quantitative estimate of drug-likeness (QED) is 0.452. The van der Waals surface area contributed by atoms with Crippen LogP contribution < -0.4 is 22.1 Å². The van der Waals surface area contributed by atoms with E-state index >= 15 is 0 Å². The lowest BCUT2D eigenvalue weighted by Crippen LogP contribution is -2.89. The lowest BCUT2D eigenvalue weighted by molar-refractivity contribution is -0.657. The van der Waals surface area contributed by atoms with Crippen molar-refractivity contribution in [3.05, 3.63) is 22.7 Å². The number of hydrogen-bond donors (Lipinski definition) is 3. The molecular weight excluding hydrogens is 346 g/mol. The van der Waals surface area contributed by atoms with Gasteiger partial charge < -0.3 is 30.6 Å². The standard InChI is InChI=1S/C15H21N5O6/c16-10-3-5-20(15(23)19-10)11-7-25-13(26-11)8-24-12(21)6-18-14(22)9-2-1-4-17-9/h3,5,9,11,13,17H,1-2,4,6-8H2,(H,18,22)(H2,16,19,23)/p+1/t9?,11-,13-/m1/s1. The van der Waals surface area contributed by atoms with Crippen LogP contribution in [0.2, 0.25) is 0 Å². The van der Waals surface area contributed by atoms with Gasteiger partial charge >= 0.3 is 11.7 Å². The van der Waals surface area contributed by atoms with Crippen molar-refractivity contribution < 1.29 is 29.1 Å². The summed E-state index contributed by atoms with van der Waals surface area (Å²) in [6, 6.07) is 1.35. The average Bonchev–Trinajstić information content (AvgIpc) is 3.29.